The number of ketones is 1. The monoisotopic (exact) mass is 609 g/mol. The van der Waals surface area contributed by atoms with Gasteiger partial charge in [-0.2, -0.15) is 0 Å². The van der Waals surface area contributed by atoms with Crippen molar-refractivity contribution >= 4 is 41.9 Å². The number of nitrogens with zero attached hydrogens (tertiary/aromatic N) is 1. The van der Waals surface area contributed by atoms with Gasteiger partial charge in [0.2, 0.25) is 0 Å². The van der Waals surface area contributed by atoms with E-state index >= 15 is 0 Å². The predicted molar refractivity (Wildman–Crippen MR) is 175 cm³/mol. The summed E-state index contributed by atoms with van der Waals surface area (Å²) in [5.74, 6) is -0.247. The third kappa shape index (κ3) is 6.48. The molecule has 1 aliphatic carbocycles. The van der Waals surface area contributed by atoms with E-state index in [0.717, 1.165) is 0 Å². The van der Waals surface area contributed by atoms with Crippen LogP contribution in [-0.4, -0.2) is 66.6 Å². The summed E-state index contributed by atoms with van der Waals surface area (Å²) in [6.07, 6.45) is 1.41. The number of rotatable bonds is 8. The summed E-state index contributed by atoms with van der Waals surface area (Å²) in [6, 6.07) is 20.5. The van der Waals surface area contributed by atoms with Gasteiger partial charge in [-0.3, -0.25) is 9.79 Å². The first-order chi connectivity index (χ1) is 19.7. The van der Waals surface area contributed by atoms with Gasteiger partial charge in [-0.1, -0.05) is 102 Å². The minimum absolute atomic E-state index is 0.0905. The lowest BCUT2D eigenvalue weighted by Crippen LogP contribution is -2.67. The Labute approximate surface area is 256 Å². The molecule has 0 bridgehead atoms. The van der Waals surface area contributed by atoms with Gasteiger partial charge >= 0.3 is 0 Å². The standard InChI is InChI=1S/C34H47NO5SSi/c1-22-30(35-23(2)29-26(36)19-34(6,7)20-27(29)37)32(41-8)40-28(31(22)38)21-39-42(33(3,4)5,24-15-11-9-12-16-24)25-17-13-10-14-18-25/h9-18,22,28,30-32,36,38H,19-21H2,1-8H3/t22-,28?,30+,31+,32?/m1/s1. The average Bonchev–Trinajstić information content (AvgIpc) is 2.92. The van der Waals surface area contributed by atoms with Crippen molar-refractivity contribution in [3.05, 3.63) is 72.0 Å². The van der Waals surface area contributed by atoms with Crippen LogP contribution in [0.25, 0.3) is 0 Å². The Bertz CT molecular complexity index is 1260. The second-order valence-corrected chi connectivity index (χ2v) is 18.8. The number of aliphatic hydroxyl groups excluding tert-OH is 2. The lowest BCUT2D eigenvalue weighted by atomic mass is 9.75. The highest BCUT2D eigenvalue weighted by Crippen LogP contribution is 2.40. The lowest BCUT2D eigenvalue weighted by Gasteiger charge is -2.46. The molecule has 0 spiro atoms. The number of carbonyl (C=O) groups excluding carboxylic acids is 1. The molecular weight excluding hydrogens is 563 g/mol. The largest absolute Gasteiger partial charge is 0.511 e. The second kappa shape index (κ2) is 12.8. The maximum absolute atomic E-state index is 12.9. The van der Waals surface area contributed by atoms with Gasteiger partial charge in [-0.25, -0.2) is 0 Å². The Morgan fingerprint density at radius 2 is 1.62 bits per heavy atom. The summed E-state index contributed by atoms with van der Waals surface area (Å²) in [6.45, 7) is 14.7. The van der Waals surface area contributed by atoms with E-state index in [1.54, 1.807) is 6.92 Å². The molecule has 2 aliphatic rings. The van der Waals surface area contributed by atoms with Gasteiger partial charge in [-0.05, 0) is 34.0 Å². The Hall–Kier alpha value is -2.23. The molecular formula is C34H47NO5SSi. The van der Waals surface area contributed by atoms with Crippen molar-refractivity contribution in [2.24, 2.45) is 16.3 Å². The van der Waals surface area contributed by atoms with Crippen molar-refractivity contribution in [3.63, 3.8) is 0 Å². The molecule has 5 atom stereocenters. The molecule has 6 nitrogen and oxygen atoms in total. The van der Waals surface area contributed by atoms with Crippen molar-refractivity contribution < 1.29 is 24.2 Å². The molecule has 8 heteroatoms. The van der Waals surface area contributed by atoms with Gasteiger partial charge < -0.3 is 19.4 Å². The van der Waals surface area contributed by atoms with E-state index in [9.17, 15) is 15.0 Å². The van der Waals surface area contributed by atoms with Crippen LogP contribution in [0.4, 0.5) is 0 Å². The second-order valence-electron chi connectivity index (χ2n) is 13.6. The molecule has 0 aromatic heterocycles. The molecule has 2 unspecified atom stereocenters. The number of thioether (sulfide) groups is 1. The third-order valence-corrected chi connectivity index (χ3v) is 14.6. The van der Waals surface area contributed by atoms with Gasteiger partial charge in [0, 0.05) is 24.5 Å². The van der Waals surface area contributed by atoms with E-state index in [4.69, 9.17) is 14.2 Å². The van der Waals surface area contributed by atoms with E-state index in [1.165, 1.54) is 22.1 Å². The summed E-state index contributed by atoms with van der Waals surface area (Å²) < 4.78 is 13.6. The van der Waals surface area contributed by atoms with E-state index < -0.39 is 20.5 Å². The molecule has 0 saturated carbocycles. The minimum Gasteiger partial charge on any atom is -0.511 e. The van der Waals surface area contributed by atoms with Crippen LogP contribution in [0.3, 0.4) is 0 Å². The predicted octanol–water partition coefficient (Wildman–Crippen LogP) is 5.68. The first-order valence-electron chi connectivity index (χ1n) is 14.8. The minimum atomic E-state index is -2.81. The molecule has 1 saturated heterocycles. The summed E-state index contributed by atoms with van der Waals surface area (Å²) >= 11 is 1.54. The number of ether oxygens (including phenoxy) is 1. The van der Waals surface area contributed by atoms with Crippen molar-refractivity contribution in [2.75, 3.05) is 12.9 Å². The highest BCUT2D eigenvalue weighted by atomic mass is 32.2. The van der Waals surface area contributed by atoms with E-state index in [2.05, 4.69) is 69.3 Å². The number of aliphatic imine (C=N–C) groups is 1. The van der Waals surface area contributed by atoms with Crippen LogP contribution in [0.1, 0.15) is 61.3 Å². The molecule has 1 fully saturated rings. The van der Waals surface area contributed by atoms with Crippen LogP contribution < -0.4 is 10.4 Å². The molecule has 4 rings (SSSR count). The summed E-state index contributed by atoms with van der Waals surface area (Å²) in [5, 5.41) is 24.5. The maximum atomic E-state index is 12.9. The van der Waals surface area contributed by atoms with Gasteiger partial charge in [0.15, 0.2) is 5.78 Å². The van der Waals surface area contributed by atoms with Crippen LogP contribution in [0.15, 0.2) is 77.0 Å². The summed E-state index contributed by atoms with van der Waals surface area (Å²) in [4.78, 5) is 17.9. The van der Waals surface area contributed by atoms with E-state index in [1.807, 2.05) is 39.2 Å². The number of hydrogen-bond donors (Lipinski definition) is 2. The first-order valence-corrected chi connectivity index (χ1v) is 18.0. The highest BCUT2D eigenvalue weighted by Gasteiger charge is 2.52. The molecule has 1 aliphatic heterocycles. The SMILES string of the molecule is CSC1OC(CO[Si](c2ccccc2)(c2ccccc2)C(C)(C)C)[C@@H](O)[C@H](C)[C@@H]1N=C(C)C1=C(O)CC(C)(C)CC1=O. The van der Waals surface area contributed by atoms with Crippen molar-refractivity contribution in [1.82, 2.24) is 0 Å². The lowest BCUT2D eigenvalue weighted by molar-refractivity contribution is -0.135. The van der Waals surface area contributed by atoms with Gasteiger partial charge in [-0.15, -0.1) is 11.8 Å². The summed E-state index contributed by atoms with van der Waals surface area (Å²) in [7, 11) is -2.81. The van der Waals surface area contributed by atoms with Crippen LogP contribution in [0, 0.1) is 11.3 Å². The normalized spacial score (nSPS) is 27.3. The molecule has 2 aromatic rings. The van der Waals surface area contributed by atoms with Crippen molar-refractivity contribution in [3.8, 4) is 0 Å². The van der Waals surface area contributed by atoms with E-state index in [-0.39, 0.29) is 46.0 Å². The van der Waals surface area contributed by atoms with Crippen LogP contribution >= 0.6 is 11.8 Å². The van der Waals surface area contributed by atoms with Gasteiger partial charge in [0.25, 0.3) is 8.32 Å². The number of aliphatic hydroxyl groups is 2. The zero-order valence-electron chi connectivity index (χ0n) is 26.3. The number of hydrogen-bond acceptors (Lipinski definition) is 7. The van der Waals surface area contributed by atoms with Crippen molar-refractivity contribution in [1.29, 1.82) is 0 Å². The number of allylic oxidation sites excluding steroid dienone is 2. The molecule has 0 amide bonds. The zero-order chi connectivity index (χ0) is 30.9. The molecule has 228 valence electrons. The van der Waals surface area contributed by atoms with E-state index in [0.29, 0.717) is 24.1 Å². The fourth-order valence-corrected chi connectivity index (χ4v) is 12.0. The summed E-state index contributed by atoms with van der Waals surface area (Å²) in [5.41, 5.74) is 0.196. The van der Waals surface area contributed by atoms with Crippen LogP contribution in [-0.2, 0) is 14.0 Å². The molecule has 2 N–H and O–H groups in total. The molecule has 1 heterocycles. The number of Topliss-reactive ketones (excluding diaryl/α,β-unsaturated/α-hetero) is 1. The third-order valence-electron chi connectivity index (χ3n) is 8.72. The Morgan fingerprint density at radius 1 is 1.07 bits per heavy atom. The van der Waals surface area contributed by atoms with Gasteiger partial charge in [0.05, 0.1) is 24.3 Å². The Kier molecular flexibility index (Phi) is 9.95. The fourth-order valence-electron chi connectivity index (χ4n) is 6.59. The Morgan fingerprint density at radius 3 is 2.10 bits per heavy atom. The number of benzene rings is 2. The Balaban J connectivity index is 1.63. The van der Waals surface area contributed by atoms with Crippen LogP contribution in [0.5, 0.6) is 0 Å². The van der Waals surface area contributed by atoms with Crippen LogP contribution in [0.2, 0.25) is 5.04 Å². The average molecular weight is 610 g/mol. The quantitative estimate of drug-likeness (QED) is 0.296. The smallest absolute Gasteiger partial charge is 0.261 e. The topological polar surface area (TPSA) is 88.3 Å². The van der Waals surface area contributed by atoms with Crippen molar-refractivity contribution in [2.45, 2.75) is 90.0 Å². The maximum Gasteiger partial charge on any atom is 0.261 e. The zero-order valence-corrected chi connectivity index (χ0v) is 28.1. The molecule has 42 heavy (non-hydrogen) atoms. The molecule has 2 aromatic carbocycles. The highest BCUT2D eigenvalue weighted by molar-refractivity contribution is 7.99. The fraction of sp³-hybridized carbons (Fsp3) is 0.529. The number of carbonyl (C=O) groups is 1. The molecule has 0 radical (unpaired) electrons. The van der Waals surface area contributed by atoms with Gasteiger partial charge in [0.1, 0.15) is 17.3 Å². The first kappa shape index (κ1) is 32.7.